The van der Waals surface area contributed by atoms with Crippen molar-refractivity contribution in [1.82, 2.24) is 0 Å². The Bertz CT molecular complexity index is 3470. The predicted octanol–water partition coefficient (Wildman–Crippen LogP) is 16.4. The molecule has 0 N–H and O–H groups in total. The fourth-order valence-electron chi connectivity index (χ4n) is 11.5. The monoisotopic (exact) mass is 730 g/mol. The van der Waals surface area contributed by atoms with Crippen molar-refractivity contribution in [2.24, 2.45) is 0 Å². The average molecular weight is 731 g/mol. The van der Waals surface area contributed by atoms with Crippen molar-refractivity contribution in [3.05, 3.63) is 165 Å². The smallest absolute Gasteiger partial charge is 0.00195 e. The first kappa shape index (κ1) is 34.0. The van der Waals surface area contributed by atoms with Crippen molar-refractivity contribution in [2.75, 3.05) is 0 Å². The van der Waals surface area contributed by atoms with Gasteiger partial charge in [-0.1, -0.05) is 89.5 Å². The van der Waals surface area contributed by atoms with E-state index < -0.39 is 0 Å². The van der Waals surface area contributed by atoms with Crippen molar-refractivity contribution in [3.63, 3.8) is 0 Å². The van der Waals surface area contributed by atoms with Gasteiger partial charge in [-0.05, 0) is 247 Å². The summed E-state index contributed by atoms with van der Waals surface area (Å²) in [6, 6.07) is 45.4. The maximum Gasteiger partial charge on any atom is -0.00195 e. The van der Waals surface area contributed by atoms with Gasteiger partial charge in [0, 0.05) is 0 Å². The molecule has 0 aliphatic carbocycles. The maximum absolute atomic E-state index is 2.55. The Labute approximate surface area is 335 Å². The number of fused-ring (bicyclic) bond motifs is 9. The van der Waals surface area contributed by atoms with E-state index >= 15 is 0 Å². The van der Waals surface area contributed by atoms with Crippen LogP contribution in [0.4, 0.5) is 0 Å². The van der Waals surface area contributed by atoms with Crippen molar-refractivity contribution in [2.45, 2.75) is 62.3 Å². The van der Waals surface area contributed by atoms with E-state index in [1.807, 2.05) is 0 Å². The predicted molar refractivity (Wildman–Crippen MR) is 250 cm³/mol. The van der Waals surface area contributed by atoms with E-state index in [1.165, 1.54) is 159 Å². The van der Waals surface area contributed by atoms with Crippen LogP contribution in [0, 0.1) is 62.3 Å². The van der Waals surface area contributed by atoms with Crippen LogP contribution in [0.15, 0.2) is 115 Å². The van der Waals surface area contributed by atoms with Crippen LogP contribution in [0.2, 0.25) is 0 Å². The van der Waals surface area contributed by atoms with Gasteiger partial charge in [0.2, 0.25) is 0 Å². The molecule has 0 unspecified atom stereocenters. The fraction of sp³-hybridized carbons (Fsp3) is 0.158. The third-order valence-electron chi connectivity index (χ3n) is 13.3. The quantitative estimate of drug-likeness (QED) is 0.159. The van der Waals surface area contributed by atoms with E-state index in [0.29, 0.717) is 0 Å². The van der Waals surface area contributed by atoms with Crippen LogP contribution in [-0.2, 0) is 0 Å². The lowest BCUT2D eigenvalue weighted by Crippen LogP contribution is -1.92. The number of rotatable bonds is 3. The van der Waals surface area contributed by atoms with Crippen LogP contribution in [-0.4, -0.2) is 0 Å². The number of hydrogen-bond donors (Lipinski definition) is 0. The Morgan fingerprint density at radius 3 is 0.912 bits per heavy atom. The molecule has 0 nitrogen and oxygen atoms in total. The average Bonchev–Trinajstić information content (AvgIpc) is 3.63. The highest BCUT2D eigenvalue weighted by molar-refractivity contribution is 6.41. The largest absolute Gasteiger partial charge is 0.0616 e. The molecule has 11 aromatic rings. The highest BCUT2D eigenvalue weighted by atomic mass is 14.3. The summed E-state index contributed by atoms with van der Waals surface area (Å²) in [5, 5.41) is 18.8. The molecular weight excluding hydrogens is 685 g/mol. The summed E-state index contributed by atoms with van der Waals surface area (Å²) in [6.45, 7) is 20.3. The van der Waals surface area contributed by atoms with E-state index in [-0.39, 0.29) is 0 Å². The number of benzene rings is 9. The number of aryl methyl sites for hydroxylation is 9. The molecule has 0 atom stereocenters. The lowest BCUT2D eigenvalue weighted by atomic mass is 9.87. The molecular formula is C57H46. The van der Waals surface area contributed by atoms with Crippen molar-refractivity contribution >= 4 is 75.4 Å². The Kier molecular flexibility index (Phi) is 7.10. The molecule has 0 saturated heterocycles. The van der Waals surface area contributed by atoms with Crippen LogP contribution in [0.25, 0.3) is 109 Å². The van der Waals surface area contributed by atoms with Crippen LogP contribution < -0.4 is 0 Å². The molecule has 0 aromatic heterocycles. The third kappa shape index (κ3) is 4.80. The van der Waals surface area contributed by atoms with Gasteiger partial charge in [-0.25, -0.2) is 0 Å². The van der Waals surface area contributed by atoms with E-state index in [4.69, 9.17) is 0 Å². The van der Waals surface area contributed by atoms with Gasteiger partial charge in [0.25, 0.3) is 0 Å². The normalized spacial score (nSPS) is 12.3. The molecule has 0 fully saturated rings. The summed E-state index contributed by atoms with van der Waals surface area (Å²) in [4.78, 5) is 0. The zero-order chi connectivity index (χ0) is 39.2. The van der Waals surface area contributed by atoms with Gasteiger partial charge < -0.3 is 0 Å². The van der Waals surface area contributed by atoms with Crippen LogP contribution in [0.1, 0.15) is 50.1 Å². The molecule has 0 saturated carbocycles. The second-order valence-corrected chi connectivity index (χ2v) is 17.5. The van der Waals surface area contributed by atoms with Gasteiger partial charge in [-0.2, -0.15) is 0 Å². The highest BCUT2D eigenvalue weighted by Crippen LogP contribution is 2.50. The van der Waals surface area contributed by atoms with Crippen molar-refractivity contribution in [1.29, 1.82) is 0 Å². The third-order valence-corrected chi connectivity index (χ3v) is 13.3. The second-order valence-electron chi connectivity index (χ2n) is 17.5. The molecule has 0 amide bonds. The standard InChI is InChI=1S/C57H46/c1-29-16-32(4)53(33(5)17-29)38-14-15-43-44(22-38)52-28-46-45(50-26-40(24-48(43)57(50)52)55-36(8)20-31(3)21-37(55)9)27-51-42-13-11-10-12-41(42)47-23-39(25-49(46)56(47)51)54-34(6)18-30(2)19-35(54)7/h10-28H,1-9H3. The van der Waals surface area contributed by atoms with Crippen LogP contribution >= 0.6 is 0 Å². The van der Waals surface area contributed by atoms with Crippen LogP contribution in [0.5, 0.6) is 0 Å². The molecule has 274 valence electrons. The zero-order valence-corrected chi connectivity index (χ0v) is 34.5. The Balaban J connectivity index is 1.36. The fourth-order valence-corrected chi connectivity index (χ4v) is 11.5. The molecule has 11 aromatic carbocycles. The van der Waals surface area contributed by atoms with Gasteiger partial charge in [0.15, 0.2) is 0 Å². The van der Waals surface area contributed by atoms with Crippen molar-refractivity contribution < 1.29 is 0 Å². The van der Waals surface area contributed by atoms with E-state index in [1.54, 1.807) is 0 Å². The Morgan fingerprint density at radius 1 is 0.228 bits per heavy atom. The lowest BCUT2D eigenvalue weighted by Gasteiger charge is -2.16. The number of hydrogen-bond acceptors (Lipinski definition) is 0. The minimum atomic E-state index is 1.29. The topological polar surface area (TPSA) is 0 Å². The summed E-state index contributed by atoms with van der Waals surface area (Å²) in [5.74, 6) is 0. The van der Waals surface area contributed by atoms with E-state index in [0.717, 1.165) is 0 Å². The van der Waals surface area contributed by atoms with E-state index in [9.17, 15) is 0 Å². The molecule has 0 aliphatic rings. The molecule has 0 heteroatoms. The summed E-state index contributed by atoms with van der Waals surface area (Å²) in [5.41, 5.74) is 19.8. The summed E-state index contributed by atoms with van der Waals surface area (Å²) in [6.07, 6.45) is 0. The summed E-state index contributed by atoms with van der Waals surface area (Å²) < 4.78 is 0. The second kappa shape index (κ2) is 11.9. The molecule has 0 aliphatic heterocycles. The summed E-state index contributed by atoms with van der Waals surface area (Å²) >= 11 is 0. The summed E-state index contributed by atoms with van der Waals surface area (Å²) in [7, 11) is 0. The molecule has 11 rings (SSSR count). The SMILES string of the molecule is Cc1cc(C)c(-c2ccc3c(c2)c2cc4c(cc5c6ccccc6c6cc(-c7c(C)cc(C)cc7C)cc4c65)c4cc(-c5c(C)cc(C)cc5C)cc3c42)c(C)c1. The molecule has 0 bridgehead atoms. The maximum atomic E-state index is 2.55. The molecule has 0 spiro atoms. The molecule has 0 radical (unpaired) electrons. The van der Waals surface area contributed by atoms with Gasteiger partial charge in [0.05, 0.1) is 0 Å². The Hall–Kier alpha value is -6.24. The van der Waals surface area contributed by atoms with E-state index in [2.05, 4.69) is 178 Å². The van der Waals surface area contributed by atoms with Crippen molar-refractivity contribution in [3.8, 4) is 33.4 Å². The first-order chi connectivity index (χ1) is 27.4. The zero-order valence-electron chi connectivity index (χ0n) is 34.5. The first-order valence-electron chi connectivity index (χ1n) is 20.5. The van der Waals surface area contributed by atoms with Gasteiger partial charge >= 0.3 is 0 Å². The van der Waals surface area contributed by atoms with Crippen LogP contribution in [0.3, 0.4) is 0 Å². The molecule has 0 heterocycles. The minimum Gasteiger partial charge on any atom is -0.0616 e. The first-order valence-corrected chi connectivity index (χ1v) is 20.5. The van der Waals surface area contributed by atoms with Gasteiger partial charge in [-0.3, -0.25) is 0 Å². The van der Waals surface area contributed by atoms with Gasteiger partial charge in [0.1, 0.15) is 0 Å². The Morgan fingerprint density at radius 2 is 0.509 bits per heavy atom. The lowest BCUT2D eigenvalue weighted by molar-refractivity contribution is 1.32. The molecule has 57 heavy (non-hydrogen) atoms. The minimum absolute atomic E-state index is 1.29. The van der Waals surface area contributed by atoms with Gasteiger partial charge in [-0.15, -0.1) is 0 Å². The highest BCUT2D eigenvalue weighted by Gasteiger charge is 2.23.